The summed E-state index contributed by atoms with van der Waals surface area (Å²) in [5, 5.41) is 0.715. The maximum absolute atomic E-state index is 11.6. The fourth-order valence-corrected chi connectivity index (χ4v) is 2.15. The lowest BCUT2D eigenvalue weighted by Gasteiger charge is -2.15. The van der Waals surface area contributed by atoms with Gasteiger partial charge in [0, 0.05) is 30.5 Å². The van der Waals surface area contributed by atoms with E-state index in [1.807, 2.05) is 24.3 Å². The monoisotopic (exact) mass is 251 g/mol. The molecule has 90 valence electrons. The van der Waals surface area contributed by atoms with Crippen molar-refractivity contribution in [3.8, 4) is 0 Å². The van der Waals surface area contributed by atoms with Crippen LogP contribution in [-0.2, 0) is 16.0 Å². The fraction of sp³-hybridized carbons (Fsp3) is 0.385. The van der Waals surface area contributed by atoms with Gasteiger partial charge in [0.15, 0.2) is 0 Å². The molecule has 1 atom stereocenters. The summed E-state index contributed by atoms with van der Waals surface area (Å²) in [6.45, 7) is 1.24. The zero-order valence-electron chi connectivity index (χ0n) is 9.43. The lowest BCUT2D eigenvalue weighted by Crippen LogP contribution is -2.27. The van der Waals surface area contributed by atoms with Crippen LogP contribution >= 0.6 is 11.6 Å². The molecule has 0 radical (unpaired) electrons. The first kappa shape index (κ1) is 12.1. The van der Waals surface area contributed by atoms with Gasteiger partial charge in [0.25, 0.3) is 0 Å². The summed E-state index contributed by atoms with van der Waals surface area (Å²) in [6, 6.07) is 7.61. The van der Waals surface area contributed by atoms with E-state index in [9.17, 15) is 9.59 Å². The molecule has 0 aromatic heterocycles. The van der Waals surface area contributed by atoms with Gasteiger partial charge in [-0.2, -0.15) is 0 Å². The van der Waals surface area contributed by atoms with Crippen molar-refractivity contribution >= 4 is 23.8 Å². The maximum atomic E-state index is 11.6. The highest BCUT2D eigenvalue weighted by Crippen LogP contribution is 2.16. The minimum Gasteiger partial charge on any atom is -0.342 e. The van der Waals surface area contributed by atoms with Crippen LogP contribution in [0.1, 0.15) is 12.0 Å². The van der Waals surface area contributed by atoms with Gasteiger partial charge in [-0.25, -0.2) is 0 Å². The van der Waals surface area contributed by atoms with Crippen molar-refractivity contribution in [3.05, 3.63) is 34.9 Å². The number of benzene rings is 1. The number of halogens is 1. The number of nitrogens with zero attached hydrogens (tertiary/aromatic N) is 1. The smallest absolute Gasteiger partial charge is 0.223 e. The van der Waals surface area contributed by atoms with E-state index in [4.69, 9.17) is 11.6 Å². The van der Waals surface area contributed by atoms with Gasteiger partial charge < -0.3 is 9.69 Å². The molecule has 1 aromatic rings. The molecule has 17 heavy (non-hydrogen) atoms. The van der Waals surface area contributed by atoms with Crippen molar-refractivity contribution in [2.75, 3.05) is 13.1 Å². The highest BCUT2D eigenvalue weighted by molar-refractivity contribution is 6.30. The van der Waals surface area contributed by atoms with E-state index in [1.165, 1.54) is 0 Å². The molecule has 0 aliphatic carbocycles. The van der Waals surface area contributed by atoms with E-state index in [0.717, 1.165) is 18.3 Å². The summed E-state index contributed by atoms with van der Waals surface area (Å²) < 4.78 is 0. The first-order valence-electron chi connectivity index (χ1n) is 5.66. The van der Waals surface area contributed by atoms with Gasteiger partial charge in [0.1, 0.15) is 6.29 Å². The first-order chi connectivity index (χ1) is 8.19. The Morgan fingerprint density at radius 1 is 1.35 bits per heavy atom. The molecule has 4 heteroatoms. The number of carbonyl (C=O) groups excluding carboxylic acids is 2. The second kappa shape index (κ2) is 5.32. The Kier molecular flexibility index (Phi) is 3.79. The molecule has 1 aromatic carbocycles. The van der Waals surface area contributed by atoms with E-state index >= 15 is 0 Å². The fourth-order valence-electron chi connectivity index (χ4n) is 2.03. The van der Waals surface area contributed by atoms with Crippen molar-refractivity contribution in [3.63, 3.8) is 0 Å². The highest BCUT2D eigenvalue weighted by atomic mass is 35.5. The molecule has 1 saturated heterocycles. The SMILES string of the molecule is O=CC1CC(=O)N(CCc2ccc(Cl)cc2)C1. The van der Waals surface area contributed by atoms with Crippen molar-refractivity contribution in [1.82, 2.24) is 4.90 Å². The summed E-state index contributed by atoms with van der Waals surface area (Å²) in [4.78, 5) is 23.9. The molecule has 0 spiro atoms. The highest BCUT2D eigenvalue weighted by Gasteiger charge is 2.28. The Morgan fingerprint density at radius 3 is 2.65 bits per heavy atom. The second-order valence-corrected chi connectivity index (χ2v) is 4.75. The maximum Gasteiger partial charge on any atom is 0.223 e. The Balaban J connectivity index is 1.88. The first-order valence-corrected chi connectivity index (χ1v) is 6.04. The third-order valence-corrected chi connectivity index (χ3v) is 3.27. The standard InChI is InChI=1S/C13H14ClNO2/c14-12-3-1-10(2-4-12)5-6-15-8-11(9-16)7-13(15)17/h1-4,9,11H,5-8H2. The number of rotatable bonds is 4. The molecule has 1 amide bonds. The number of likely N-dealkylation sites (tertiary alicyclic amines) is 1. The van der Waals surface area contributed by atoms with Crippen molar-refractivity contribution in [2.24, 2.45) is 5.92 Å². The Labute approximate surface area is 105 Å². The molecule has 2 rings (SSSR count). The number of aldehydes is 1. The van der Waals surface area contributed by atoms with Crippen LogP contribution in [0.3, 0.4) is 0 Å². The molecule has 1 heterocycles. The van der Waals surface area contributed by atoms with Crippen LogP contribution in [0.25, 0.3) is 0 Å². The van der Waals surface area contributed by atoms with E-state index in [2.05, 4.69) is 0 Å². The Hall–Kier alpha value is -1.35. The van der Waals surface area contributed by atoms with Gasteiger partial charge in [0.2, 0.25) is 5.91 Å². The minimum atomic E-state index is -0.118. The van der Waals surface area contributed by atoms with Gasteiger partial charge in [0.05, 0.1) is 0 Å². The number of hydrogen-bond acceptors (Lipinski definition) is 2. The van der Waals surface area contributed by atoms with Crippen LogP contribution < -0.4 is 0 Å². The van der Waals surface area contributed by atoms with Crippen molar-refractivity contribution < 1.29 is 9.59 Å². The third kappa shape index (κ3) is 3.07. The van der Waals surface area contributed by atoms with Crippen LogP contribution in [-0.4, -0.2) is 30.2 Å². The van der Waals surface area contributed by atoms with Gasteiger partial charge in [-0.3, -0.25) is 4.79 Å². The minimum absolute atomic E-state index is 0.0797. The lowest BCUT2D eigenvalue weighted by molar-refractivity contribution is -0.127. The molecular formula is C13H14ClNO2. The molecule has 0 N–H and O–H groups in total. The van der Waals surface area contributed by atoms with Gasteiger partial charge in [-0.15, -0.1) is 0 Å². The summed E-state index contributed by atoms with van der Waals surface area (Å²) in [5.41, 5.74) is 1.15. The zero-order chi connectivity index (χ0) is 12.3. The molecule has 3 nitrogen and oxygen atoms in total. The van der Waals surface area contributed by atoms with Crippen LogP contribution in [0.15, 0.2) is 24.3 Å². The van der Waals surface area contributed by atoms with Crippen molar-refractivity contribution in [2.45, 2.75) is 12.8 Å². The van der Waals surface area contributed by atoms with E-state index < -0.39 is 0 Å². The predicted molar refractivity (Wildman–Crippen MR) is 65.9 cm³/mol. The Bertz CT molecular complexity index is 416. The number of amides is 1. The van der Waals surface area contributed by atoms with Crippen molar-refractivity contribution in [1.29, 1.82) is 0 Å². The van der Waals surface area contributed by atoms with E-state index in [1.54, 1.807) is 4.90 Å². The summed E-state index contributed by atoms with van der Waals surface area (Å²) in [6.07, 6.45) is 2.04. The zero-order valence-corrected chi connectivity index (χ0v) is 10.2. The summed E-state index contributed by atoms with van der Waals surface area (Å²) in [7, 11) is 0. The van der Waals surface area contributed by atoms with Gasteiger partial charge >= 0.3 is 0 Å². The average molecular weight is 252 g/mol. The predicted octanol–water partition coefficient (Wildman–Crippen LogP) is 1.93. The molecule has 1 fully saturated rings. The summed E-state index contributed by atoms with van der Waals surface area (Å²) >= 11 is 5.80. The molecule has 1 aliphatic rings. The molecule has 0 bridgehead atoms. The summed E-state index contributed by atoms with van der Waals surface area (Å²) in [5.74, 6) is -0.0382. The van der Waals surface area contributed by atoms with Gasteiger partial charge in [-0.1, -0.05) is 23.7 Å². The van der Waals surface area contributed by atoms with Crippen LogP contribution in [0.4, 0.5) is 0 Å². The lowest BCUT2D eigenvalue weighted by atomic mass is 10.1. The normalized spacial score (nSPS) is 19.7. The molecule has 1 aliphatic heterocycles. The van der Waals surface area contributed by atoms with Crippen LogP contribution in [0.2, 0.25) is 5.02 Å². The Morgan fingerprint density at radius 2 is 2.06 bits per heavy atom. The topological polar surface area (TPSA) is 37.4 Å². The number of hydrogen-bond donors (Lipinski definition) is 0. The van der Waals surface area contributed by atoms with Crippen LogP contribution in [0, 0.1) is 5.92 Å². The molecule has 1 unspecified atom stereocenters. The average Bonchev–Trinajstić information content (AvgIpc) is 2.69. The van der Waals surface area contributed by atoms with E-state index in [-0.39, 0.29) is 11.8 Å². The van der Waals surface area contributed by atoms with Gasteiger partial charge in [-0.05, 0) is 24.1 Å². The third-order valence-electron chi connectivity index (χ3n) is 3.02. The molecular weight excluding hydrogens is 238 g/mol. The second-order valence-electron chi connectivity index (χ2n) is 4.32. The van der Waals surface area contributed by atoms with E-state index in [0.29, 0.717) is 24.5 Å². The molecule has 0 saturated carbocycles. The quantitative estimate of drug-likeness (QED) is 0.767. The number of carbonyl (C=O) groups is 2. The largest absolute Gasteiger partial charge is 0.342 e. The van der Waals surface area contributed by atoms with Crippen LogP contribution in [0.5, 0.6) is 0 Å².